The maximum absolute atomic E-state index is 12.6. The number of methoxy groups -OCH3 is 1. The Hall–Kier alpha value is -4.40. The molecule has 9 nitrogen and oxygen atoms in total. The highest BCUT2D eigenvalue weighted by Gasteiger charge is 2.35. The highest BCUT2D eigenvalue weighted by Crippen LogP contribution is 2.34. The Morgan fingerprint density at radius 1 is 1.10 bits per heavy atom. The number of anilines is 1. The number of nitrogens with one attached hydrogen (secondary N) is 1. The number of para-hydroxylation sites is 1. The fourth-order valence-electron chi connectivity index (χ4n) is 3.06. The van der Waals surface area contributed by atoms with Gasteiger partial charge in [0.1, 0.15) is 23.0 Å². The molecule has 0 spiro atoms. The number of non-ortho nitro benzene ring substituents is 1. The Kier molecular flexibility index (Phi) is 4.77. The molecule has 1 N–H and O–H groups in total. The summed E-state index contributed by atoms with van der Waals surface area (Å²) in [6.45, 7) is 0. The third-order valence-electron chi connectivity index (χ3n) is 4.47. The van der Waals surface area contributed by atoms with E-state index in [9.17, 15) is 19.7 Å². The number of nitro groups is 1. The Bertz CT molecular complexity index is 1180. The third kappa shape index (κ3) is 3.39. The number of hydrogen-bond donors (Lipinski definition) is 1. The SMILES string of the molecule is COc1cc([N+](=O)[O-])ccc1-c1ccc(/C=C2/NC(=O)N(c3ccccc3)C2=O)o1. The number of ether oxygens (including phenoxy) is 1. The number of nitro benzene ring substituents is 1. The van der Waals surface area contributed by atoms with Gasteiger partial charge in [-0.15, -0.1) is 0 Å². The van der Waals surface area contributed by atoms with E-state index in [4.69, 9.17) is 9.15 Å². The Labute approximate surface area is 170 Å². The van der Waals surface area contributed by atoms with Gasteiger partial charge in [-0.05, 0) is 30.3 Å². The van der Waals surface area contributed by atoms with Crippen LogP contribution in [0.5, 0.6) is 5.75 Å². The van der Waals surface area contributed by atoms with Gasteiger partial charge < -0.3 is 14.5 Å². The fourth-order valence-corrected chi connectivity index (χ4v) is 3.06. The Morgan fingerprint density at radius 3 is 2.57 bits per heavy atom. The smallest absolute Gasteiger partial charge is 0.333 e. The number of amides is 3. The first-order valence-corrected chi connectivity index (χ1v) is 8.83. The van der Waals surface area contributed by atoms with Gasteiger partial charge in [0, 0.05) is 12.1 Å². The predicted octanol–water partition coefficient (Wildman–Crippen LogP) is 3.96. The third-order valence-corrected chi connectivity index (χ3v) is 4.47. The lowest BCUT2D eigenvalue weighted by Crippen LogP contribution is -2.30. The van der Waals surface area contributed by atoms with Crippen LogP contribution in [0.4, 0.5) is 16.2 Å². The molecule has 3 aromatic rings. The lowest BCUT2D eigenvalue weighted by molar-refractivity contribution is -0.384. The molecular weight excluding hydrogens is 390 g/mol. The quantitative estimate of drug-likeness (QED) is 0.297. The minimum absolute atomic E-state index is 0.0698. The Morgan fingerprint density at radius 2 is 1.87 bits per heavy atom. The van der Waals surface area contributed by atoms with Gasteiger partial charge in [-0.3, -0.25) is 14.9 Å². The second kappa shape index (κ2) is 7.55. The normalized spacial score (nSPS) is 14.8. The van der Waals surface area contributed by atoms with E-state index in [0.29, 0.717) is 22.8 Å². The molecule has 0 radical (unpaired) electrons. The van der Waals surface area contributed by atoms with Crippen LogP contribution in [0.1, 0.15) is 5.76 Å². The van der Waals surface area contributed by atoms with Crippen LogP contribution in [0.25, 0.3) is 17.4 Å². The maximum atomic E-state index is 12.6. The average Bonchev–Trinajstić information content (AvgIpc) is 3.32. The van der Waals surface area contributed by atoms with Crippen LogP contribution in [0.2, 0.25) is 0 Å². The summed E-state index contributed by atoms with van der Waals surface area (Å²) in [5, 5.41) is 13.5. The molecule has 4 rings (SSSR count). The summed E-state index contributed by atoms with van der Waals surface area (Å²) in [4.78, 5) is 36.4. The monoisotopic (exact) mass is 405 g/mol. The van der Waals surface area contributed by atoms with Gasteiger partial charge in [-0.2, -0.15) is 0 Å². The molecule has 3 amide bonds. The van der Waals surface area contributed by atoms with Crippen LogP contribution in [0, 0.1) is 10.1 Å². The number of imide groups is 1. The number of furan rings is 1. The van der Waals surface area contributed by atoms with Crippen molar-refractivity contribution in [1.29, 1.82) is 0 Å². The summed E-state index contributed by atoms with van der Waals surface area (Å²) in [6, 6.07) is 15.4. The average molecular weight is 405 g/mol. The van der Waals surface area contributed by atoms with Crippen LogP contribution in [0.3, 0.4) is 0 Å². The van der Waals surface area contributed by atoms with Gasteiger partial charge >= 0.3 is 6.03 Å². The van der Waals surface area contributed by atoms with Crippen molar-refractivity contribution in [2.75, 3.05) is 12.0 Å². The minimum atomic E-state index is -0.554. The van der Waals surface area contributed by atoms with Crippen molar-refractivity contribution in [3.8, 4) is 17.1 Å². The van der Waals surface area contributed by atoms with Crippen LogP contribution < -0.4 is 15.0 Å². The molecule has 0 unspecified atom stereocenters. The molecule has 1 fully saturated rings. The summed E-state index contributed by atoms with van der Waals surface area (Å²) in [6.07, 6.45) is 1.42. The molecule has 0 saturated carbocycles. The van der Waals surface area contributed by atoms with Crippen molar-refractivity contribution in [2.24, 2.45) is 0 Å². The topological polar surface area (TPSA) is 115 Å². The number of urea groups is 1. The summed E-state index contributed by atoms with van der Waals surface area (Å²) < 4.78 is 11.0. The van der Waals surface area contributed by atoms with E-state index in [-0.39, 0.29) is 17.1 Å². The standard InChI is InChI=1S/C21H15N3O6/c1-29-19-11-14(24(27)28)7-9-16(19)18-10-8-15(30-18)12-17-20(25)23(21(26)22-17)13-5-3-2-4-6-13/h2-12H,1H3,(H,22,26)/b17-12+. The first-order valence-electron chi connectivity index (χ1n) is 8.83. The molecule has 150 valence electrons. The molecule has 0 aliphatic carbocycles. The number of nitrogens with zero attached hydrogens (tertiary/aromatic N) is 2. The maximum Gasteiger partial charge on any atom is 0.333 e. The number of carbonyl (C=O) groups excluding carboxylic acids is 2. The lowest BCUT2D eigenvalue weighted by Gasteiger charge is -2.10. The van der Waals surface area contributed by atoms with Gasteiger partial charge in [-0.1, -0.05) is 18.2 Å². The van der Waals surface area contributed by atoms with E-state index in [0.717, 1.165) is 4.90 Å². The van der Waals surface area contributed by atoms with E-state index in [1.165, 1.54) is 31.4 Å². The highest BCUT2D eigenvalue weighted by molar-refractivity contribution is 6.28. The molecule has 0 bridgehead atoms. The van der Waals surface area contributed by atoms with Crippen LogP contribution >= 0.6 is 0 Å². The highest BCUT2D eigenvalue weighted by atomic mass is 16.6. The van der Waals surface area contributed by atoms with Crippen molar-refractivity contribution >= 4 is 29.4 Å². The van der Waals surface area contributed by atoms with Crippen molar-refractivity contribution in [3.05, 3.63) is 82.2 Å². The molecule has 0 atom stereocenters. The molecule has 9 heteroatoms. The molecule has 1 aromatic heterocycles. The Balaban J connectivity index is 1.62. The lowest BCUT2D eigenvalue weighted by atomic mass is 10.1. The van der Waals surface area contributed by atoms with Gasteiger partial charge in [0.15, 0.2) is 0 Å². The first-order chi connectivity index (χ1) is 14.5. The van der Waals surface area contributed by atoms with E-state index >= 15 is 0 Å². The van der Waals surface area contributed by atoms with E-state index in [1.54, 1.807) is 42.5 Å². The van der Waals surface area contributed by atoms with Crippen LogP contribution in [-0.4, -0.2) is 24.0 Å². The van der Waals surface area contributed by atoms with E-state index in [1.807, 2.05) is 0 Å². The van der Waals surface area contributed by atoms with E-state index < -0.39 is 16.9 Å². The zero-order valence-corrected chi connectivity index (χ0v) is 15.7. The van der Waals surface area contributed by atoms with Crippen molar-refractivity contribution in [3.63, 3.8) is 0 Å². The van der Waals surface area contributed by atoms with E-state index in [2.05, 4.69) is 5.32 Å². The van der Waals surface area contributed by atoms with Gasteiger partial charge in [0.05, 0.1) is 29.4 Å². The summed E-state index contributed by atoms with van der Waals surface area (Å²) >= 11 is 0. The molecule has 1 aliphatic heterocycles. The number of hydrogen-bond acceptors (Lipinski definition) is 6. The number of rotatable bonds is 5. The zero-order valence-electron chi connectivity index (χ0n) is 15.7. The van der Waals surface area contributed by atoms with Crippen LogP contribution in [-0.2, 0) is 4.79 Å². The zero-order chi connectivity index (χ0) is 21.3. The van der Waals surface area contributed by atoms with Crippen LogP contribution in [0.15, 0.2) is 70.8 Å². The molecule has 2 aromatic carbocycles. The van der Waals surface area contributed by atoms with Gasteiger partial charge in [0.2, 0.25) is 0 Å². The number of carbonyl (C=O) groups is 2. The largest absolute Gasteiger partial charge is 0.496 e. The second-order valence-electron chi connectivity index (χ2n) is 6.31. The number of benzene rings is 2. The molecule has 1 aliphatic rings. The van der Waals surface area contributed by atoms with Crippen molar-refractivity contribution in [1.82, 2.24) is 5.32 Å². The molecule has 30 heavy (non-hydrogen) atoms. The molecule has 2 heterocycles. The van der Waals surface area contributed by atoms with Crippen molar-refractivity contribution < 1.29 is 23.7 Å². The van der Waals surface area contributed by atoms with Crippen molar-refractivity contribution in [2.45, 2.75) is 0 Å². The summed E-state index contributed by atoms with van der Waals surface area (Å²) in [5.41, 5.74) is 0.935. The second-order valence-corrected chi connectivity index (χ2v) is 6.31. The van der Waals surface area contributed by atoms with Gasteiger partial charge in [0.25, 0.3) is 11.6 Å². The fraction of sp³-hybridized carbons (Fsp3) is 0.0476. The van der Waals surface area contributed by atoms with Gasteiger partial charge in [-0.25, -0.2) is 9.69 Å². The molecule has 1 saturated heterocycles. The predicted molar refractivity (Wildman–Crippen MR) is 108 cm³/mol. The summed E-state index contributed by atoms with van der Waals surface area (Å²) in [5.74, 6) is 0.490. The first kappa shape index (κ1) is 18.9. The summed E-state index contributed by atoms with van der Waals surface area (Å²) in [7, 11) is 1.40. The minimum Gasteiger partial charge on any atom is -0.496 e. The molecular formula is C21H15N3O6.